The summed E-state index contributed by atoms with van der Waals surface area (Å²) < 4.78 is 5.79. The fraction of sp³-hybridized carbons (Fsp3) is 0.312. The Morgan fingerprint density at radius 1 is 1.30 bits per heavy atom. The van der Waals surface area contributed by atoms with Gasteiger partial charge in [0, 0.05) is 30.7 Å². The summed E-state index contributed by atoms with van der Waals surface area (Å²) in [6, 6.07) is 6.24. The molecule has 0 spiro atoms. The molecule has 0 atom stereocenters. The number of aromatic nitrogens is 2. The normalized spacial score (nSPS) is 9.39. The standard InChI is InChI=1S/C15H19N3O.CH4N2O/c1-4-12-6-5-7-14(16-3)13(12)10-19-15-11(2)17-8-9-18-15;2-3-1-4/h5-9,16H,4,10H2,1-3H3;1H,2H2,(H,3,4). The van der Waals surface area contributed by atoms with Gasteiger partial charge in [-0.2, -0.15) is 0 Å². The second-order valence-electron chi connectivity index (χ2n) is 4.57. The van der Waals surface area contributed by atoms with Gasteiger partial charge in [0.25, 0.3) is 0 Å². The van der Waals surface area contributed by atoms with Gasteiger partial charge in [0.1, 0.15) is 6.61 Å². The Morgan fingerprint density at radius 3 is 2.57 bits per heavy atom. The molecular formula is C16H23N5O2. The molecule has 23 heavy (non-hydrogen) atoms. The van der Waals surface area contributed by atoms with Crippen molar-refractivity contribution in [1.82, 2.24) is 15.4 Å². The van der Waals surface area contributed by atoms with Crippen molar-refractivity contribution >= 4 is 12.1 Å². The van der Waals surface area contributed by atoms with E-state index in [1.807, 2.05) is 14.0 Å². The molecule has 2 aromatic rings. The van der Waals surface area contributed by atoms with Crippen LogP contribution in [-0.2, 0) is 17.8 Å². The zero-order chi connectivity index (χ0) is 17.1. The molecule has 1 amide bonds. The monoisotopic (exact) mass is 317 g/mol. The van der Waals surface area contributed by atoms with E-state index in [1.165, 1.54) is 11.1 Å². The lowest BCUT2D eigenvalue weighted by molar-refractivity contribution is -0.109. The summed E-state index contributed by atoms with van der Waals surface area (Å²) in [5.74, 6) is 5.00. The van der Waals surface area contributed by atoms with Crippen LogP contribution in [-0.4, -0.2) is 23.4 Å². The molecule has 0 bridgehead atoms. The SMILES string of the molecule is CCc1cccc(NC)c1COc1nccnc1C.NNC=O. The number of amides is 1. The van der Waals surface area contributed by atoms with Gasteiger partial charge in [0.2, 0.25) is 12.3 Å². The number of hydrogen-bond donors (Lipinski definition) is 3. The van der Waals surface area contributed by atoms with Crippen molar-refractivity contribution < 1.29 is 9.53 Å². The second kappa shape index (κ2) is 10.1. The molecular weight excluding hydrogens is 294 g/mol. The largest absolute Gasteiger partial charge is 0.471 e. The molecule has 7 nitrogen and oxygen atoms in total. The number of ether oxygens (including phenoxy) is 1. The summed E-state index contributed by atoms with van der Waals surface area (Å²) in [5, 5.41) is 3.21. The Morgan fingerprint density at radius 2 is 2.00 bits per heavy atom. The molecule has 1 heterocycles. The van der Waals surface area contributed by atoms with E-state index in [-0.39, 0.29) is 0 Å². The number of anilines is 1. The molecule has 0 aliphatic rings. The van der Waals surface area contributed by atoms with Gasteiger partial charge in [-0.25, -0.2) is 10.8 Å². The third-order valence-corrected chi connectivity index (χ3v) is 3.18. The zero-order valence-electron chi connectivity index (χ0n) is 13.7. The van der Waals surface area contributed by atoms with Crippen LogP contribution in [0, 0.1) is 6.92 Å². The highest BCUT2D eigenvalue weighted by Crippen LogP contribution is 2.22. The Balaban J connectivity index is 0.000000593. The lowest BCUT2D eigenvalue weighted by Crippen LogP contribution is -2.18. The summed E-state index contributed by atoms with van der Waals surface area (Å²) >= 11 is 0. The highest BCUT2D eigenvalue weighted by molar-refractivity contribution is 5.54. The van der Waals surface area contributed by atoms with Gasteiger partial charge < -0.3 is 10.1 Å². The summed E-state index contributed by atoms with van der Waals surface area (Å²) in [6.07, 6.45) is 4.70. The van der Waals surface area contributed by atoms with Crippen LogP contribution < -0.4 is 21.3 Å². The van der Waals surface area contributed by atoms with E-state index >= 15 is 0 Å². The van der Waals surface area contributed by atoms with Crippen LogP contribution in [0.25, 0.3) is 0 Å². The second-order valence-corrected chi connectivity index (χ2v) is 4.57. The summed E-state index contributed by atoms with van der Waals surface area (Å²) in [6.45, 7) is 4.54. The summed E-state index contributed by atoms with van der Waals surface area (Å²) in [7, 11) is 1.92. The first-order chi connectivity index (χ1) is 11.2. The molecule has 0 aliphatic heterocycles. The van der Waals surface area contributed by atoms with Crippen LogP contribution in [0.1, 0.15) is 23.7 Å². The molecule has 0 aliphatic carbocycles. The van der Waals surface area contributed by atoms with E-state index in [0.717, 1.165) is 17.8 Å². The van der Waals surface area contributed by atoms with E-state index in [2.05, 4.69) is 46.3 Å². The fourth-order valence-electron chi connectivity index (χ4n) is 2.05. The van der Waals surface area contributed by atoms with Crippen LogP contribution in [0.2, 0.25) is 0 Å². The maximum atomic E-state index is 8.94. The van der Waals surface area contributed by atoms with Crippen LogP contribution >= 0.6 is 0 Å². The molecule has 1 aromatic heterocycles. The number of benzene rings is 1. The molecule has 0 radical (unpaired) electrons. The van der Waals surface area contributed by atoms with Gasteiger partial charge in [-0.05, 0) is 25.0 Å². The van der Waals surface area contributed by atoms with E-state index in [0.29, 0.717) is 18.9 Å². The fourth-order valence-corrected chi connectivity index (χ4v) is 2.05. The van der Waals surface area contributed by atoms with Gasteiger partial charge in [0.05, 0.1) is 5.69 Å². The smallest absolute Gasteiger partial charge is 0.235 e. The predicted molar refractivity (Wildman–Crippen MR) is 89.9 cm³/mol. The van der Waals surface area contributed by atoms with Crippen molar-refractivity contribution in [1.29, 1.82) is 0 Å². The maximum absolute atomic E-state index is 8.94. The van der Waals surface area contributed by atoms with Crippen LogP contribution in [0.5, 0.6) is 5.88 Å². The number of carbonyl (C=O) groups excluding carboxylic acids is 1. The van der Waals surface area contributed by atoms with Crippen molar-refractivity contribution in [2.45, 2.75) is 26.9 Å². The van der Waals surface area contributed by atoms with Crippen molar-refractivity contribution in [2.24, 2.45) is 5.84 Å². The highest BCUT2D eigenvalue weighted by Gasteiger charge is 2.09. The number of nitrogens with one attached hydrogen (secondary N) is 2. The molecule has 0 saturated heterocycles. The number of nitrogens with zero attached hydrogens (tertiary/aromatic N) is 2. The first-order valence-corrected chi connectivity index (χ1v) is 7.26. The molecule has 0 saturated carbocycles. The van der Waals surface area contributed by atoms with Crippen molar-refractivity contribution in [3.63, 3.8) is 0 Å². The average Bonchev–Trinajstić information content (AvgIpc) is 2.60. The first kappa shape index (κ1) is 18.4. The molecule has 0 fully saturated rings. The average molecular weight is 317 g/mol. The van der Waals surface area contributed by atoms with Crippen molar-refractivity contribution in [3.8, 4) is 5.88 Å². The van der Waals surface area contributed by atoms with Gasteiger partial charge in [-0.3, -0.25) is 15.2 Å². The Hall–Kier alpha value is -2.67. The topological polar surface area (TPSA) is 102 Å². The Labute approximate surface area is 136 Å². The summed E-state index contributed by atoms with van der Waals surface area (Å²) in [5.41, 5.74) is 6.12. The Bertz CT molecular complexity index is 597. The quantitative estimate of drug-likeness (QED) is 0.323. The Kier molecular flexibility index (Phi) is 8.09. The van der Waals surface area contributed by atoms with Gasteiger partial charge in [0.15, 0.2) is 0 Å². The van der Waals surface area contributed by atoms with E-state index in [9.17, 15) is 0 Å². The third-order valence-electron chi connectivity index (χ3n) is 3.18. The minimum atomic E-state index is 0.403. The molecule has 2 rings (SSSR count). The number of carbonyl (C=O) groups is 1. The highest BCUT2D eigenvalue weighted by atomic mass is 16.5. The lowest BCUT2D eigenvalue weighted by atomic mass is 10.0. The molecule has 1 aromatic carbocycles. The minimum absolute atomic E-state index is 0.403. The number of aryl methyl sites for hydroxylation is 2. The van der Waals surface area contributed by atoms with Crippen LogP contribution in [0.4, 0.5) is 5.69 Å². The third kappa shape index (κ3) is 5.55. The maximum Gasteiger partial charge on any atom is 0.235 e. The van der Waals surface area contributed by atoms with Crippen LogP contribution in [0.15, 0.2) is 30.6 Å². The zero-order valence-corrected chi connectivity index (χ0v) is 13.7. The minimum Gasteiger partial charge on any atom is -0.471 e. The first-order valence-electron chi connectivity index (χ1n) is 7.26. The van der Waals surface area contributed by atoms with E-state index < -0.39 is 0 Å². The van der Waals surface area contributed by atoms with Crippen LogP contribution in [0.3, 0.4) is 0 Å². The van der Waals surface area contributed by atoms with E-state index in [1.54, 1.807) is 17.8 Å². The lowest BCUT2D eigenvalue weighted by Gasteiger charge is -2.14. The molecule has 124 valence electrons. The number of hydrazine groups is 1. The molecule has 7 heteroatoms. The number of nitrogens with two attached hydrogens (primary N) is 1. The number of hydrogen-bond acceptors (Lipinski definition) is 6. The van der Waals surface area contributed by atoms with E-state index in [4.69, 9.17) is 9.53 Å². The van der Waals surface area contributed by atoms with Crippen molar-refractivity contribution in [3.05, 3.63) is 47.4 Å². The van der Waals surface area contributed by atoms with Gasteiger partial charge in [-0.1, -0.05) is 19.1 Å². The molecule has 0 unspecified atom stereocenters. The predicted octanol–water partition coefficient (Wildman–Crippen LogP) is 1.57. The number of rotatable bonds is 6. The summed E-state index contributed by atoms with van der Waals surface area (Å²) in [4.78, 5) is 17.3. The van der Waals surface area contributed by atoms with Gasteiger partial charge in [-0.15, -0.1) is 0 Å². The van der Waals surface area contributed by atoms with Gasteiger partial charge >= 0.3 is 0 Å². The molecule has 4 N–H and O–H groups in total. The van der Waals surface area contributed by atoms with Crippen molar-refractivity contribution in [2.75, 3.05) is 12.4 Å².